The van der Waals surface area contributed by atoms with Crippen LogP contribution in [0.15, 0.2) is 23.3 Å². The molecule has 0 aliphatic heterocycles. The quantitative estimate of drug-likeness (QED) is 0.480. The predicted octanol–water partition coefficient (Wildman–Crippen LogP) is 2.05. The average Bonchev–Trinajstić information content (AvgIpc) is 2.35. The van der Waals surface area contributed by atoms with Gasteiger partial charge in [0.25, 0.3) is 0 Å². The number of halogens is 1. The summed E-state index contributed by atoms with van der Waals surface area (Å²) in [7, 11) is 1.48. The van der Waals surface area contributed by atoms with E-state index in [1.54, 1.807) is 12.1 Å². The van der Waals surface area contributed by atoms with E-state index in [1.807, 2.05) is 0 Å². The molecule has 0 aliphatic rings. The van der Waals surface area contributed by atoms with E-state index < -0.39 is 12.2 Å². The van der Waals surface area contributed by atoms with Gasteiger partial charge in [0.2, 0.25) is 0 Å². The van der Waals surface area contributed by atoms with Crippen molar-refractivity contribution in [3.8, 4) is 5.75 Å². The maximum Gasteiger partial charge on any atom is 0.119 e. The predicted molar refractivity (Wildman–Crippen MR) is 63.0 cm³/mol. The standard InChI is InChI=1S/C10H12ClN3O3/c1-17-6-2-3-8(11)7(4-6)10(16)9(15)5-13-14-12/h2-4,9-10,15-16H,5H2,1H3. The molecule has 0 saturated heterocycles. The maximum atomic E-state index is 9.84. The van der Waals surface area contributed by atoms with Gasteiger partial charge in [-0.25, -0.2) is 0 Å². The first kappa shape index (κ1) is 13.6. The van der Waals surface area contributed by atoms with Crippen LogP contribution in [0.5, 0.6) is 5.75 Å². The van der Waals surface area contributed by atoms with Crippen LogP contribution in [0.25, 0.3) is 10.4 Å². The lowest BCUT2D eigenvalue weighted by Crippen LogP contribution is -2.21. The van der Waals surface area contributed by atoms with Crippen LogP contribution in [-0.2, 0) is 0 Å². The SMILES string of the molecule is COc1ccc(Cl)c(C(O)C(O)CN=[N+]=[N-])c1. The second-order valence-corrected chi connectivity index (χ2v) is 3.72. The van der Waals surface area contributed by atoms with Crippen molar-refractivity contribution in [3.63, 3.8) is 0 Å². The second kappa shape index (κ2) is 6.32. The normalized spacial score (nSPS) is 13.6. The van der Waals surface area contributed by atoms with Gasteiger partial charge in [0.05, 0.1) is 19.8 Å². The van der Waals surface area contributed by atoms with E-state index in [2.05, 4.69) is 10.0 Å². The molecule has 7 heteroatoms. The molecule has 0 heterocycles. The Hall–Kier alpha value is -1.46. The van der Waals surface area contributed by atoms with Crippen LogP contribution in [0.2, 0.25) is 5.02 Å². The fourth-order valence-corrected chi connectivity index (χ4v) is 1.53. The highest BCUT2D eigenvalue weighted by atomic mass is 35.5. The summed E-state index contributed by atoms with van der Waals surface area (Å²) in [5, 5.41) is 22.9. The smallest absolute Gasteiger partial charge is 0.119 e. The second-order valence-electron chi connectivity index (χ2n) is 3.31. The summed E-state index contributed by atoms with van der Waals surface area (Å²) < 4.78 is 4.99. The number of azide groups is 1. The Morgan fingerprint density at radius 2 is 2.24 bits per heavy atom. The lowest BCUT2D eigenvalue weighted by atomic mass is 10.0. The Morgan fingerprint density at radius 1 is 1.53 bits per heavy atom. The Kier molecular flexibility index (Phi) is 5.06. The summed E-state index contributed by atoms with van der Waals surface area (Å²) >= 11 is 5.90. The average molecular weight is 258 g/mol. The first-order chi connectivity index (χ1) is 8.10. The van der Waals surface area contributed by atoms with Crippen LogP contribution >= 0.6 is 11.6 Å². The van der Waals surface area contributed by atoms with Crippen molar-refractivity contribution < 1.29 is 14.9 Å². The molecular weight excluding hydrogens is 246 g/mol. The molecule has 2 N–H and O–H groups in total. The van der Waals surface area contributed by atoms with E-state index in [4.69, 9.17) is 21.9 Å². The van der Waals surface area contributed by atoms with E-state index in [0.717, 1.165) is 0 Å². The molecule has 0 amide bonds. The van der Waals surface area contributed by atoms with Crippen LogP contribution < -0.4 is 4.74 Å². The number of benzene rings is 1. The molecule has 92 valence electrons. The topological polar surface area (TPSA) is 98.5 Å². The summed E-state index contributed by atoms with van der Waals surface area (Å²) in [6, 6.07) is 4.71. The van der Waals surface area contributed by atoms with Crippen molar-refractivity contribution in [2.75, 3.05) is 13.7 Å². The van der Waals surface area contributed by atoms with Crippen LogP contribution in [0.4, 0.5) is 0 Å². The number of rotatable bonds is 5. The number of aliphatic hydroxyl groups is 2. The monoisotopic (exact) mass is 257 g/mol. The number of nitrogens with zero attached hydrogens (tertiary/aromatic N) is 3. The first-order valence-electron chi connectivity index (χ1n) is 4.80. The van der Waals surface area contributed by atoms with Crippen LogP contribution in [0.1, 0.15) is 11.7 Å². The van der Waals surface area contributed by atoms with Crippen molar-refractivity contribution in [2.24, 2.45) is 5.11 Å². The minimum Gasteiger partial charge on any atom is -0.497 e. The van der Waals surface area contributed by atoms with Crippen LogP contribution in [0, 0.1) is 0 Å². The summed E-state index contributed by atoms with van der Waals surface area (Å²) in [4.78, 5) is 2.50. The zero-order chi connectivity index (χ0) is 12.8. The number of methoxy groups -OCH3 is 1. The highest BCUT2D eigenvalue weighted by molar-refractivity contribution is 6.31. The molecule has 17 heavy (non-hydrogen) atoms. The van der Waals surface area contributed by atoms with Crippen molar-refractivity contribution in [1.29, 1.82) is 0 Å². The molecule has 0 fully saturated rings. The van der Waals surface area contributed by atoms with Gasteiger partial charge in [-0.2, -0.15) is 0 Å². The molecular formula is C10H12ClN3O3. The molecule has 0 radical (unpaired) electrons. The van der Waals surface area contributed by atoms with Gasteiger partial charge < -0.3 is 14.9 Å². The first-order valence-corrected chi connectivity index (χ1v) is 5.18. The van der Waals surface area contributed by atoms with E-state index in [-0.39, 0.29) is 6.54 Å². The fraction of sp³-hybridized carbons (Fsp3) is 0.400. The minimum absolute atomic E-state index is 0.231. The molecule has 0 aromatic heterocycles. The molecule has 1 rings (SSSR count). The Labute approximate surface area is 103 Å². The van der Waals surface area contributed by atoms with Gasteiger partial charge in [-0.1, -0.05) is 16.7 Å². The third kappa shape index (κ3) is 3.51. The Bertz CT molecular complexity index is 435. The van der Waals surface area contributed by atoms with Crippen molar-refractivity contribution in [1.82, 2.24) is 0 Å². The number of hydrogen-bond acceptors (Lipinski definition) is 4. The highest BCUT2D eigenvalue weighted by Crippen LogP contribution is 2.29. The van der Waals surface area contributed by atoms with E-state index in [1.165, 1.54) is 13.2 Å². The molecule has 0 aliphatic carbocycles. The maximum absolute atomic E-state index is 9.84. The molecule has 1 aromatic carbocycles. The molecule has 0 saturated carbocycles. The number of aliphatic hydroxyl groups excluding tert-OH is 2. The van der Waals surface area contributed by atoms with Crippen molar-refractivity contribution >= 4 is 11.6 Å². The molecule has 0 spiro atoms. The van der Waals surface area contributed by atoms with Crippen molar-refractivity contribution in [3.05, 3.63) is 39.2 Å². The van der Waals surface area contributed by atoms with Crippen LogP contribution in [0.3, 0.4) is 0 Å². The van der Waals surface area contributed by atoms with E-state index in [0.29, 0.717) is 16.3 Å². The van der Waals surface area contributed by atoms with Gasteiger partial charge in [0, 0.05) is 15.5 Å². The van der Waals surface area contributed by atoms with Crippen molar-refractivity contribution in [2.45, 2.75) is 12.2 Å². The lowest BCUT2D eigenvalue weighted by Gasteiger charge is -2.18. The number of ether oxygens (including phenoxy) is 1. The van der Waals surface area contributed by atoms with E-state index in [9.17, 15) is 10.2 Å². The van der Waals surface area contributed by atoms with Gasteiger partial charge in [-0.15, -0.1) is 0 Å². The van der Waals surface area contributed by atoms with E-state index >= 15 is 0 Å². The van der Waals surface area contributed by atoms with Gasteiger partial charge >= 0.3 is 0 Å². The summed E-state index contributed by atoms with van der Waals surface area (Å²) in [5.41, 5.74) is 8.45. The molecule has 2 atom stereocenters. The summed E-state index contributed by atoms with van der Waals surface area (Å²) in [6.07, 6.45) is -2.45. The third-order valence-corrected chi connectivity index (χ3v) is 2.56. The largest absolute Gasteiger partial charge is 0.497 e. The zero-order valence-electron chi connectivity index (χ0n) is 9.12. The van der Waals surface area contributed by atoms with Crippen LogP contribution in [-0.4, -0.2) is 30.0 Å². The van der Waals surface area contributed by atoms with Gasteiger partial charge in [-0.3, -0.25) is 0 Å². The molecule has 2 unspecified atom stereocenters. The molecule has 1 aromatic rings. The molecule has 6 nitrogen and oxygen atoms in total. The minimum atomic E-state index is -1.23. The highest BCUT2D eigenvalue weighted by Gasteiger charge is 2.20. The molecule has 0 bridgehead atoms. The van der Waals surface area contributed by atoms with Gasteiger partial charge in [0.1, 0.15) is 11.9 Å². The third-order valence-electron chi connectivity index (χ3n) is 2.22. The number of hydrogen-bond donors (Lipinski definition) is 2. The van der Waals surface area contributed by atoms with Gasteiger partial charge in [0.15, 0.2) is 0 Å². The summed E-state index contributed by atoms with van der Waals surface area (Å²) in [6.45, 7) is -0.231. The fourth-order valence-electron chi connectivity index (χ4n) is 1.30. The summed E-state index contributed by atoms with van der Waals surface area (Å²) in [5.74, 6) is 0.513. The zero-order valence-corrected chi connectivity index (χ0v) is 9.87. The van der Waals surface area contributed by atoms with Gasteiger partial charge in [-0.05, 0) is 23.7 Å². The Balaban J connectivity index is 2.93. The lowest BCUT2D eigenvalue weighted by molar-refractivity contribution is 0.0243. The Morgan fingerprint density at radius 3 is 2.82 bits per heavy atom.